The highest BCUT2D eigenvalue weighted by Crippen LogP contribution is 2.39. The largest absolute Gasteiger partial charge is 0.457 e. The van der Waals surface area contributed by atoms with Gasteiger partial charge < -0.3 is 15.0 Å². The maximum Gasteiger partial charge on any atom is 0.235 e. The van der Waals surface area contributed by atoms with Crippen molar-refractivity contribution in [3.05, 3.63) is 78.6 Å². The zero-order valence-electron chi connectivity index (χ0n) is 20.6. The lowest BCUT2D eigenvalue weighted by Gasteiger charge is -2.33. The molecule has 188 valence electrons. The molecule has 3 heterocycles. The number of ether oxygens (including phenoxy) is 1. The molecule has 1 saturated heterocycles. The first-order valence-electron chi connectivity index (χ1n) is 11.9. The zero-order valence-corrected chi connectivity index (χ0v) is 21.4. The number of benzene rings is 2. The lowest BCUT2D eigenvalue weighted by molar-refractivity contribution is 0.253. The van der Waals surface area contributed by atoms with Crippen molar-refractivity contribution in [3.63, 3.8) is 0 Å². The number of hydrogen-bond donors (Lipinski definition) is 1. The van der Waals surface area contributed by atoms with Crippen molar-refractivity contribution in [1.82, 2.24) is 18.8 Å². The number of hydrogen-bond acceptors (Lipinski definition) is 6. The monoisotopic (exact) mass is 513 g/mol. The minimum Gasteiger partial charge on any atom is -0.457 e. The standard InChI is InChI=1S/C28H27N5O3S/c1-4-37(34,35)32-16-20(17-32)10-15-24-25(26-27(29)30-18-31-28(26)33(24)19(2)3)21-11-13-23(14-12-21)36-22-8-6-5-7-9-22/h4-9,11-14,18-20H,1,16-17H2,2-3H3,(H2,29,30,31). The van der Waals surface area contributed by atoms with Crippen molar-refractivity contribution >= 4 is 26.9 Å². The van der Waals surface area contributed by atoms with Gasteiger partial charge in [-0.3, -0.25) is 0 Å². The van der Waals surface area contributed by atoms with Gasteiger partial charge >= 0.3 is 0 Å². The molecule has 5 rings (SSSR count). The summed E-state index contributed by atoms with van der Waals surface area (Å²) in [6.45, 7) is 8.19. The van der Waals surface area contributed by atoms with Crippen LogP contribution in [0.3, 0.4) is 0 Å². The number of aromatic nitrogens is 3. The van der Waals surface area contributed by atoms with E-state index >= 15 is 0 Å². The highest BCUT2D eigenvalue weighted by Gasteiger charge is 2.33. The molecule has 4 aromatic rings. The Hall–Kier alpha value is -4.13. The topological polar surface area (TPSA) is 103 Å². The summed E-state index contributed by atoms with van der Waals surface area (Å²) in [7, 11) is -3.43. The van der Waals surface area contributed by atoms with Crippen LogP contribution in [0.1, 0.15) is 25.6 Å². The van der Waals surface area contributed by atoms with Crippen LogP contribution >= 0.6 is 0 Å². The molecule has 0 aliphatic carbocycles. The first-order chi connectivity index (χ1) is 17.8. The third-order valence-corrected chi connectivity index (χ3v) is 7.70. The summed E-state index contributed by atoms with van der Waals surface area (Å²) in [6, 6.07) is 17.4. The number of nitrogens with zero attached hydrogens (tertiary/aromatic N) is 4. The van der Waals surface area contributed by atoms with Crippen LogP contribution in [0.25, 0.3) is 22.2 Å². The summed E-state index contributed by atoms with van der Waals surface area (Å²) in [5.74, 6) is 8.36. The molecule has 0 spiro atoms. The summed E-state index contributed by atoms with van der Waals surface area (Å²) in [5, 5.41) is 1.71. The third-order valence-electron chi connectivity index (χ3n) is 6.26. The average Bonchev–Trinajstić information content (AvgIpc) is 3.19. The van der Waals surface area contributed by atoms with Crippen molar-refractivity contribution in [1.29, 1.82) is 0 Å². The van der Waals surface area contributed by atoms with E-state index in [0.29, 0.717) is 30.3 Å². The van der Waals surface area contributed by atoms with Gasteiger partial charge in [-0.1, -0.05) is 42.8 Å². The minimum atomic E-state index is -3.43. The van der Waals surface area contributed by atoms with E-state index in [1.54, 1.807) is 0 Å². The smallest absolute Gasteiger partial charge is 0.235 e. The molecule has 2 aromatic heterocycles. The van der Waals surface area contributed by atoms with Crippen LogP contribution in [0.4, 0.5) is 5.82 Å². The predicted molar refractivity (Wildman–Crippen MR) is 145 cm³/mol. The molecule has 1 aliphatic heterocycles. The van der Waals surface area contributed by atoms with Crippen molar-refractivity contribution in [2.24, 2.45) is 5.92 Å². The van der Waals surface area contributed by atoms with Crippen molar-refractivity contribution < 1.29 is 13.2 Å². The summed E-state index contributed by atoms with van der Waals surface area (Å²) >= 11 is 0. The molecule has 0 saturated carbocycles. The maximum atomic E-state index is 12.0. The molecule has 2 N–H and O–H groups in total. The van der Waals surface area contributed by atoms with Gasteiger partial charge in [0.05, 0.1) is 5.39 Å². The average molecular weight is 514 g/mol. The molecule has 2 aromatic carbocycles. The van der Waals surface area contributed by atoms with Crippen LogP contribution in [-0.2, 0) is 10.0 Å². The van der Waals surface area contributed by atoms with Gasteiger partial charge in [0.2, 0.25) is 10.0 Å². The molecule has 0 unspecified atom stereocenters. The Morgan fingerprint density at radius 2 is 1.76 bits per heavy atom. The number of nitrogens with two attached hydrogens (primary N) is 1. The summed E-state index contributed by atoms with van der Waals surface area (Å²) in [5.41, 5.74) is 9.58. The number of sulfonamides is 1. The van der Waals surface area contributed by atoms with E-state index in [1.807, 2.05) is 54.6 Å². The molecule has 1 aliphatic rings. The first-order valence-corrected chi connectivity index (χ1v) is 13.4. The van der Waals surface area contributed by atoms with Gasteiger partial charge in [0.15, 0.2) is 0 Å². The lowest BCUT2D eigenvalue weighted by Crippen LogP contribution is -2.48. The number of anilines is 1. The van der Waals surface area contributed by atoms with Gasteiger partial charge in [0, 0.05) is 36.0 Å². The normalized spacial score (nSPS) is 14.2. The molecule has 8 nitrogen and oxygen atoms in total. The van der Waals surface area contributed by atoms with E-state index < -0.39 is 10.0 Å². The van der Waals surface area contributed by atoms with E-state index in [2.05, 4.69) is 46.8 Å². The van der Waals surface area contributed by atoms with Crippen LogP contribution in [0, 0.1) is 17.8 Å². The fraction of sp³-hybridized carbons (Fsp3) is 0.214. The molecule has 0 atom stereocenters. The summed E-state index contributed by atoms with van der Waals surface area (Å²) in [4.78, 5) is 8.79. The van der Waals surface area contributed by atoms with Crippen molar-refractivity contribution in [3.8, 4) is 34.5 Å². The van der Waals surface area contributed by atoms with E-state index in [-0.39, 0.29) is 12.0 Å². The van der Waals surface area contributed by atoms with E-state index in [1.165, 1.54) is 10.6 Å². The quantitative estimate of drug-likeness (QED) is 0.371. The molecular formula is C28H27N5O3S. The molecule has 0 amide bonds. The Kier molecular flexibility index (Phi) is 6.46. The molecular weight excluding hydrogens is 486 g/mol. The van der Waals surface area contributed by atoms with Gasteiger partial charge in [-0.05, 0) is 49.6 Å². The van der Waals surface area contributed by atoms with Gasteiger partial charge in [0.25, 0.3) is 0 Å². The SMILES string of the molecule is C=CS(=O)(=O)N1CC(C#Cc2c(-c3ccc(Oc4ccccc4)cc3)c3c(N)ncnc3n2C(C)C)C1. The van der Waals surface area contributed by atoms with Crippen LogP contribution in [0.5, 0.6) is 11.5 Å². The first kappa shape index (κ1) is 24.6. The Morgan fingerprint density at radius 1 is 1.08 bits per heavy atom. The number of rotatable bonds is 6. The number of nitrogen functional groups attached to an aromatic ring is 1. The molecule has 37 heavy (non-hydrogen) atoms. The number of fused-ring (bicyclic) bond motifs is 1. The Balaban J connectivity index is 1.57. The van der Waals surface area contributed by atoms with Gasteiger partial charge in [0.1, 0.15) is 35.0 Å². The van der Waals surface area contributed by atoms with Gasteiger partial charge in [-0.2, -0.15) is 4.31 Å². The summed E-state index contributed by atoms with van der Waals surface area (Å²) < 4.78 is 33.4. The van der Waals surface area contributed by atoms with Crippen LogP contribution < -0.4 is 10.5 Å². The maximum absolute atomic E-state index is 12.0. The summed E-state index contributed by atoms with van der Waals surface area (Å²) in [6.07, 6.45) is 1.46. The van der Waals surface area contributed by atoms with Gasteiger partial charge in [-0.25, -0.2) is 18.4 Å². The van der Waals surface area contributed by atoms with E-state index in [9.17, 15) is 8.42 Å². The molecule has 0 radical (unpaired) electrons. The molecule has 1 fully saturated rings. The fourth-order valence-corrected chi connectivity index (χ4v) is 5.38. The zero-order chi connectivity index (χ0) is 26.2. The van der Waals surface area contributed by atoms with Crippen LogP contribution in [0.2, 0.25) is 0 Å². The molecule has 0 bridgehead atoms. The van der Waals surface area contributed by atoms with Crippen molar-refractivity contribution in [2.75, 3.05) is 18.8 Å². The predicted octanol–water partition coefficient (Wildman–Crippen LogP) is 4.81. The fourth-order valence-electron chi connectivity index (χ4n) is 4.39. The lowest BCUT2D eigenvalue weighted by atomic mass is 10.0. The second kappa shape index (κ2) is 9.73. The number of para-hydroxylation sites is 1. The Labute approximate surface area is 216 Å². The second-order valence-corrected chi connectivity index (χ2v) is 11.0. The van der Waals surface area contributed by atoms with E-state index in [0.717, 1.165) is 33.4 Å². The minimum absolute atomic E-state index is 0.0505. The van der Waals surface area contributed by atoms with E-state index in [4.69, 9.17) is 10.5 Å². The Bertz CT molecular complexity index is 1630. The van der Waals surface area contributed by atoms with Crippen LogP contribution in [0.15, 0.2) is 72.9 Å². The Morgan fingerprint density at radius 3 is 2.41 bits per heavy atom. The highest BCUT2D eigenvalue weighted by molar-refractivity contribution is 7.92. The van der Waals surface area contributed by atoms with Crippen molar-refractivity contribution in [2.45, 2.75) is 19.9 Å². The van der Waals surface area contributed by atoms with Crippen LogP contribution in [-0.4, -0.2) is 40.3 Å². The highest BCUT2D eigenvalue weighted by atomic mass is 32.2. The second-order valence-electron chi connectivity index (χ2n) is 9.08. The third kappa shape index (κ3) is 4.69. The van der Waals surface area contributed by atoms with Gasteiger partial charge in [-0.15, -0.1) is 0 Å². The molecule has 9 heteroatoms.